The smallest absolute Gasteiger partial charge is 0.313 e. The number of halogens is 2. The molecule has 18 heavy (non-hydrogen) atoms. The normalized spacial score (nSPS) is 20.0. The summed E-state index contributed by atoms with van der Waals surface area (Å²) in [6.45, 7) is 0.0647. The summed E-state index contributed by atoms with van der Waals surface area (Å²) >= 11 is 0. The average molecular weight is 276 g/mol. The maximum Gasteiger partial charge on any atom is 0.355 e. The van der Waals surface area contributed by atoms with E-state index in [1.807, 2.05) is 0 Å². The second kappa shape index (κ2) is 4.81. The maximum absolute atomic E-state index is 12.6. The third-order valence-electron chi connectivity index (χ3n) is 3.08. The number of fused-ring (bicyclic) bond motifs is 1. The summed E-state index contributed by atoms with van der Waals surface area (Å²) in [4.78, 5) is 0. The van der Waals surface area contributed by atoms with Gasteiger partial charge in [0.15, 0.2) is 0 Å². The van der Waals surface area contributed by atoms with Gasteiger partial charge in [0.1, 0.15) is 0 Å². The first-order chi connectivity index (χ1) is 8.48. The van der Waals surface area contributed by atoms with Crippen molar-refractivity contribution in [1.29, 1.82) is 0 Å². The molecule has 0 saturated carbocycles. The van der Waals surface area contributed by atoms with Gasteiger partial charge in [-0.15, -0.1) is 0 Å². The summed E-state index contributed by atoms with van der Waals surface area (Å²) < 4.78 is 49.3. The molecule has 0 saturated heterocycles. The fraction of sp³-hybridized carbons (Fsp3) is 0.455. The summed E-state index contributed by atoms with van der Waals surface area (Å²) in [5.74, 6) is -3.39. The van der Waals surface area contributed by atoms with Crippen molar-refractivity contribution < 1.29 is 17.2 Å². The summed E-state index contributed by atoms with van der Waals surface area (Å²) in [6.07, 6.45) is 0.472. The van der Waals surface area contributed by atoms with Crippen LogP contribution < -0.4 is 9.62 Å². The van der Waals surface area contributed by atoms with Crippen LogP contribution >= 0.6 is 0 Å². The molecule has 0 bridgehead atoms. The quantitative estimate of drug-likeness (QED) is 0.914. The van der Waals surface area contributed by atoms with Gasteiger partial charge < -0.3 is 5.32 Å². The summed E-state index contributed by atoms with van der Waals surface area (Å²) in [5, 5.41) is 3.05. The summed E-state index contributed by atoms with van der Waals surface area (Å²) in [5.41, 5.74) is 1.07. The van der Waals surface area contributed by atoms with E-state index in [1.54, 1.807) is 31.3 Å². The van der Waals surface area contributed by atoms with Crippen LogP contribution in [0, 0.1) is 0 Å². The number of anilines is 1. The molecule has 1 aromatic rings. The van der Waals surface area contributed by atoms with Crippen LogP contribution in [-0.2, 0) is 10.0 Å². The van der Waals surface area contributed by atoms with Crippen LogP contribution in [-0.4, -0.2) is 27.8 Å². The van der Waals surface area contributed by atoms with E-state index in [0.29, 0.717) is 12.1 Å². The van der Waals surface area contributed by atoms with Crippen molar-refractivity contribution in [3.8, 4) is 0 Å². The molecule has 1 aromatic carbocycles. The largest absolute Gasteiger partial charge is 0.355 e. The molecule has 1 atom stereocenters. The molecule has 1 heterocycles. The van der Waals surface area contributed by atoms with Crippen molar-refractivity contribution in [1.82, 2.24) is 5.32 Å². The highest BCUT2D eigenvalue weighted by Gasteiger charge is 2.36. The molecule has 1 N–H and O–H groups in total. The van der Waals surface area contributed by atoms with E-state index in [9.17, 15) is 17.2 Å². The van der Waals surface area contributed by atoms with Crippen LogP contribution in [0.15, 0.2) is 24.3 Å². The molecule has 0 fully saturated rings. The van der Waals surface area contributed by atoms with Crippen LogP contribution in [0.5, 0.6) is 0 Å². The number of alkyl halides is 2. The molecule has 100 valence electrons. The average Bonchev–Trinajstić information content (AvgIpc) is 2.37. The van der Waals surface area contributed by atoms with Gasteiger partial charge in [0.2, 0.25) is 0 Å². The summed E-state index contributed by atoms with van der Waals surface area (Å²) in [6, 6.07) is 6.71. The molecule has 0 spiro atoms. The van der Waals surface area contributed by atoms with E-state index >= 15 is 0 Å². The van der Waals surface area contributed by atoms with E-state index in [0.717, 1.165) is 9.87 Å². The van der Waals surface area contributed by atoms with E-state index in [1.165, 1.54) is 0 Å². The predicted octanol–water partition coefficient (Wildman–Crippen LogP) is 1.71. The fourth-order valence-electron chi connectivity index (χ4n) is 2.19. The lowest BCUT2D eigenvalue weighted by Gasteiger charge is -2.34. The molecule has 2 rings (SSSR count). The zero-order valence-corrected chi connectivity index (χ0v) is 10.6. The SMILES string of the molecule is CNC1CCN(S(=O)(=O)C(F)F)c2ccccc21. The molecule has 0 radical (unpaired) electrons. The Kier molecular flexibility index (Phi) is 3.54. The number of rotatable bonds is 3. The number of para-hydroxylation sites is 1. The van der Waals surface area contributed by atoms with Crippen LogP contribution in [0.2, 0.25) is 0 Å². The van der Waals surface area contributed by atoms with Crippen molar-refractivity contribution in [2.24, 2.45) is 0 Å². The molecule has 0 aromatic heterocycles. The second-order valence-electron chi connectivity index (χ2n) is 4.07. The van der Waals surface area contributed by atoms with E-state index in [-0.39, 0.29) is 12.6 Å². The molecule has 1 aliphatic heterocycles. The molecular weight excluding hydrogens is 262 g/mol. The Morgan fingerprint density at radius 2 is 2.06 bits per heavy atom. The van der Waals surface area contributed by atoms with Crippen molar-refractivity contribution in [3.05, 3.63) is 29.8 Å². The number of hydrogen-bond acceptors (Lipinski definition) is 3. The maximum atomic E-state index is 12.6. The Bertz CT molecular complexity index is 534. The van der Waals surface area contributed by atoms with Gasteiger partial charge in [0.25, 0.3) is 10.0 Å². The highest BCUT2D eigenvalue weighted by Crippen LogP contribution is 2.36. The minimum absolute atomic E-state index is 0.00896. The van der Waals surface area contributed by atoms with Crippen LogP contribution in [0.4, 0.5) is 14.5 Å². The Labute approximate surface area is 105 Å². The van der Waals surface area contributed by atoms with Crippen LogP contribution in [0.25, 0.3) is 0 Å². The highest BCUT2D eigenvalue weighted by molar-refractivity contribution is 7.93. The van der Waals surface area contributed by atoms with Gasteiger partial charge in [-0.1, -0.05) is 18.2 Å². The van der Waals surface area contributed by atoms with Crippen molar-refractivity contribution >= 4 is 15.7 Å². The number of hydrogen-bond donors (Lipinski definition) is 1. The molecule has 4 nitrogen and oxygen atoms in total. The standard InChI is InChI=1S/C11H14F2N2O2S/c1-14-9-6-7-15(18(16,17)11(12)13)10-5-3-2-4-8(9)10/h2-5,9,11,14H,6-7H2,1H3. The van der Waals surface area contributed by atoms with Gasteiger partial charge >= 0.3 is 5.76 Å². The van der Waals surface area contributed by atoms with Crippen molar-refractivity contribution in [2.45, 2.75) is 18.2 Å². The van der Waals surface area contributed by atoms with Gasteiger partial charge in [-0.3, -0.25) is 4.31 Å². The number of sulfonamides is 1. The lowest BCUT2D eigenvalue weighted by Crippen LogP contribution is -2.41. The van der Waals surface area contributed by atoms with Crippen LogP contribution in [0.1, 0.15) is 18.0 Å². The van der Waals surface area contributed by atoms with E-state index in [4.69, 9.17) is 0 Å². The summed E-state index contributed by atoms with van der Waals surface area (Å²) in [7, 11) is -2.81. The molecule has 7 heteroatoms. The first-order valence-corrected chi connectivity index (χ1v) is 7.04. The second-order valence-corrected chi connectivity index (χ2v) is 5.89. The van der Waals surface area contributed by atoms with Gasteiger partial charge in [0, 0.05) is 12.6 Å². The molecular formula is C11H14F2N2O2S. The van der Waals surface area contributed by atoms with Gasteiger partial charge in [0.05, 0.1) is 5.69 Å². The monoisotopic (exact) mass is 276 g/mol. The Hall–Kier alpha value is -1.21. The fourth-order valence-corrected chi connectivity index (χ4v) is 3.18. The molecule has 0 amide bonds. The van der Waals surface area contributed by atoms with Crippen molar-refractivity contribution in [2.75, 3.05) is 17.9 Å². The minimum Gasteiger partial charge on any atom is -0.313 e. The zero-order valence-electron chi connectivity index (χ0n) is 9.81. The van der Waals surface area contributed by atoms with Gasteiger partial charge in [-0.25, -0.2) is 8.42 Å². The van der Waals surface area contributed by atoms with E-state index < -0.39 is 15.8 Å². The lowest BCUT2D eigenvalue weighted by atomic mass is 9.98. The zero-order chi connectivity index (χ0) is 13.3. The first-order valence-electron chi connectivity index (χ1n) is 5.54. The topological polar surface area (TPSA) is 49.4 Å². The Morgan fingerprint density at radius 3 is 2.67 bits per heavy atom. The lowest BCUT2D eigenvalue weighted by molar-refractivity contribution is 0.234. The Morgan fingerprint density at radius 1 is 1.39 bits per heavy atom. The van der Waals surface area contributed by atoms with Gasteiger partial charge in [-0.05, 0) is 25.1 Å². The highest BCUT2D eigenvalue weighted by atomic mass is 32.2. The van der Waals surface area contributed by atoms with Crippen LogP contribution in [0.3, 0.4) is 0 Å². The molecule has 1 aliphatic rings. The molecule has 1 unspecified atom stereocenters. The van der Waals surface area contributed by atoms with Crippen molar-refractivity contribution in [3.63, 3.8) is 0 Å². The number of benzene rings is 1. The Balaban J connectivity index is 2.49. The first kappa shape index (κ1) is 13.2. The number of nitrogens with one attached hydrogen (secondary N) is 1. The predicted molar refractivity (Wildman–Crippen MR) is 65.1 cm³/mol. The number of nitrogens with zero attached hydrogens (tertiary/aromatic N) is 1. The third-order valence-corrected chi connectivity index (χ3v) is 4.53. The minimum atomic E-state index is -4.57. The molecule has 0 aliphatic carbocycles. The third kappa shape index (κ3) is 2.08. The van der Waals surface area contributed by atoms with Gasteiger partial charge in [-0.2, -0.15) is 8.78 Å². The van der Waals surface area contributed by atoms with E-state index in [2.05, 4.69) is 5.32 Å².